The van der Waals surface area contributed by atoms with Gasteiger partial charge in [-0.3, -0.25) is 0 Å². The Balaban J connectivity index is 1.92. The van der Waals surface area contributed by atoms with Crippen LogP contribution in [0, 0.1) is 0 Å². The Bertz CT molecular complexity index is 408. The Hall–Kier alpha value is -1.03. The van der Waals surface area contributed by atoms with Crippen molar-refractivity contribution in [1.29, 1.82) is 0 Å². The summed E-state index contributed by atoms with van der Waals surface area (Å²) in [6.07, 6.45) is 5.21. The van der Waals surface area contributed by atoms with Crippen molar-refractivity contribution in [3.05, 3.63) is 34.3 Å². The van der Waals surface area contributed by atoms with E-state index in [2.05, 4.69) is 62.7 Å². The van der Waals surface area contributed by atoms with Gasteiger partial charge in [0.2, 0.25) is 0 Å². The van der Waals surface area contributed by atoms with Crippen LogP contribution in [0.3, 0.4) is 0 Å². The first-order chi connectivity index (χ1) is 9.28. The van der Waals surface area contributed by atoms with Crippen LogP contribution in [0.15, 0.2) is 33.7 Å². The minimum Gasteiger partial charge on any atom is -0.357 e. The molecule has 1 fully saturated rings. The summed E-state index contributed by atoms with van der Waals surface area (Å²) in [5.74, 6) is 0.942. The minimum absolute atomic E-state index is 0.600. The largest absolute Gasteiger partial charge is 0.357 e. The van der Waals surface area contributed by atoms with Gasteiger partial charge in [-0.2, -0.15) is 0 Å². The molecule has 0 aromatic heterocycles. The highest BCUT2D eigenvalue weighted by molar-refractivity contribution is 9.10. The third kappa shape index (κ3) is 4.86. The zero-order chi connectivity index (χ0) is 13.5. The number of benzene rings is 1. The lowest BCUT2D eigenvalue weighted by Crippen LogP contribution is -2.42. The second-order valence-corrected chi connectivity index (χ2v) is 5.86. The first-order valence-electron chi connectivity index (χ1n) is 7.07. The van der Waals surface area contributed by atoms with Crippen LogP contribution in [0.1, 0.15) is 38.2 Å². The van der Waals surface area contributed by atoms with Gasteiger partial charge < -0.3 is 10.6 Å². The van der Waals surface area contributed by atoms with E-state index in [9.17, 15) is 0 Å². The van der Waals surface area contributed by atoms with Gasteiger partial charge >= 0.3 is 0 Å². The molecular formula is C15H22BrN3. The number of hydrogen-bond acceptors (Lipinski definition) is 1. The first kappa shape index (κ1) is 14.4. The molecule has 0 bridgehead atoms. The Kier molecular flexibility index (Phi) is 5.70. The van der Waals surface area contributed by atoms with E-state index in [-0.39, 0.29) is 0 Å². The fourth-order valence-electron chi connectivity index (χ4n) is 2.34. The molecule has 1 aliphatic rings. The van der Waals surface area contributed by atoms with E-state index in [1.54, 1.807) is 0 Å². The van der Waals surface area contributed by atoms with Crippen molar-refractivity contribution in [1.82, 2.24) is 10.6 Å². The van der Waals surface area contributed by atoms with E-state index >= 15 is 0 Å². The maximum atomic E-state index is 4.66. The molecule has 1 aromatic carbocycles. The number of nitrogens with zero attached hydrogens (tertiary/aromatic N) is 1. The summed E-state index contributed by atoms with van der Waals surface area (Å²) in [5, 5.41) is 6.85. The van der Waals surface area contributed by atoms with Crippen LogP contribution < -0.4 is 10.6 Å². The minimum atomic E-state index is 0.600. The van der Waals surface area contributed by atoms with Gasteiger partial charge in [0.25, 0.3) is 0 Å². The fourth-order valence-corrected chi connectivity index (χ4v) is 2.61. The van der Waals surface area contributed by atoms with Gasteiger partial charge in [-0.05, 0) is 37.5 Å². The predicted molar refractivity (Wildman–Crippen MR) is 84.3 cm³/mol. The van der Waals surface area contributed by atoms with E-state index < -0.39 is 0 Å². The fraction of sp³-hybridized carbons (Fsp3) is 0.533. The molecule has 0 saturated heterocycles. The van der Waals surface area contributed by atoms with Crippen molar-refractivity contribution in [3.8, 4) is 0 Å². The van der Waals surface area contributed by atoms with Gasteiger partial charge in [0.1, 0.15) is 0 Å². The van der Waals surface area contributed by atoms with Crippen molar-refractivity contribution in [2.45, 2.75) is 45.2 Å². The summed E-state index contributed by atoms with van der Waals surface area (Å²) in [6.45, 7) is 3.72. The molecular weight excluding hydrogens is 302 g/mol. The summed E-state index contributed by atoms with van der Waals surface area (Å²) in [5.41, 5.74) is 1.23. The van der Waals surface area contributed by atoms with Gasteiger partial charge in [0, 0.05) is 17.1 Å². The van der Waals surface area contributed by atoms with Gasteiger partial charge in [0.05, 0.1) is 6.54 Å². The van der Waals surface area contributed by atoms with Gasteiger partial charge in [0.15, 0.2) is 5.96 Å². The Morgan fingerprint density at radius 1 is 1.26 bits per heavy atom. The number of nitrogens with one attached hydrogen (secondary N) is 2. The van der Waals surface area contributed by atoms with Crippen LogP contribution in [0.5, 0.6) is 0 Å². The number of rotatable bonds is 4. The lowest BCUT2D eigenvalue weighted by Gasteiger charge is -2.16. The van der Waals surface area contributed by atoms with Crippen molar-refractivity contribution in [2.75, 3.05) is 6.54 Å². The maximum Gasteiger partial charge on any atom is 0.191 e. The van der Waals surface area contributed by atoms with Crippen LogP contribution in [-0.4, -0.2) is 18.5 Å². The quantitative estimate of drug-likeness (QED) is 0.657. The lowest BCUT2D eigenvalue weighted by molar-refractivity contribution is 0.614. The molecule has 0 amide bonds. The van der Waals surface area contributed by atoms with E-state index in [4.69, 9.17) is 0 Å². The molecule has 0 atom stereocenters. The zero-order valence-electron chi connectivity index (χ0n) is 11.5. The standard InChI is InChI=1S/C15H22BrN3/c1-2-17-15(19-14-5-3-4-6-14)18-11-12-7-9-13(16)10-8-12/h7-10,14H,2-6,11H2,1H3,(H2,17,18,19). The molecule has 0 spiro atoms. The third-order valence-corrected chi connectivity index (χ3v) is 3.90. The van der Waals surface area contributed by atoms with Gasteiger partial charge in [-0.25, -0.2) is 4.99 Å². The highest BCUT2D eigenvalue weighted by Crippen LogP contribution is 2.17. The van der Waals surface area contributed by atoms with Crippen LogP contribution in [0.2, 0.25) is 0 Å². The van der Waals surface area contributed by atoms with Crippen molar-refractivity contribution in [2.24, 2.45) is 4.99 Å². The predicted octanol–water partition coefficient (Wildman–Crippen LogP) is 3.45. The van der Waals surface area contributed by atoms with Gasteiger partial charge in [-0.1, -0.05) is 40.9 Å². The first-order valence-corrected chi connectivity index (χ1v) is 7.86. The summed E-state index contributed by atoms with van der Waals surface area (Å²) in [6, 6.07) is 8.92. The SMILES string of the molecule is CCNC(=NCc1ccc(Br)cc1)NC1CCCC1. The van der Waals surface area contributed by atoms with Crippen molar-refractivity contribution < 1.29 is 0 Å². The lowest BCUT2D eigenvalue weighted by atomic mass is 10.2. The molecule has 0 radical (unpaired) electrons. The molecule has 1 aromatic rings. The molecule has 0 aliphatic heterocycles. The zero-order valence-corrected chi connectivity index (χ0v) is 13.0. The Morgan fingerprint density at radius 3 is 2.58 bits per heavy atom. The average Bonchev–Trinajstić information content (AvgIpc) is 2.91. The molecule has 0 heterocycles. The molecule has 1 saturated carbocycles. The number of hydrogen-bond donors (Lipinski definition) is 2. The second-order valence-electron chi connectivity index (χ2n) is 4.95. The topological polar surface area (TPSA) is 36.4 Å². The monoisotopic (exact) mass is 323 g/mol. The molecule has 2 rings (SSSR count). The summed E-state index contributed by atoms with van der Waals surface area (Å²) >= 11 is 3.45. The van der Waals surface area contributed by atoms with Crippen LogP contribution in [0.25, 0.3) is 0 Å². The van der Waals surface area contributed by atoms with Crippen LogP contribution in [0.4, 0.5) is 0 Å². The summed E-state index contributed by atoms with van der Waals surface area (Å²) < 4.78 is 1.11. The van der Waals surface area contributed by atoms with E-state index in [0.717, 1.165) is 23.5 Å². The molecule has 1 aliphatic carbocycles. The third-order valence-electron chi connectivity index (χ3n) is 3.37. The van der Waals surface area contributed by atoms with Gasteiger partial charge in [-0.15, -0.1) is 0 Å². The summed E-state index contributed by atoms with van der Waals surface area (Å²) in [4.78, 5) is 4.66. The van der Waals surface area contributed by atoms with Crippen LogP contribution >= 0.6 is 15.9 Å². The average molecular weight is 324 g/mol. The number of halogens is 1. The molecule has 19 heavy (non-hydrogen) atoms. The molecule has 3 nitrogen and oxygen atoms in total. The highest BCUT2D eigenvalue weighted by atomic mass is 79.9. The van der Waals surface area contributed by atoms with Crippen molar-refractivity contribution >= 4 is 21.9 Å². The maximum absolute atomic E-state index is 4.66. The number of guanidine groups is 1. The molecule has 104 valence electrons. The Labute approximate surface area is 124 Å². The highest BCUT2D eigenvalue weighted by Gasteiger charge is 2.15. The number of aliphatic imine (C=N–C) groups is 1. The van der Waals surface area contributed by atoms with E-state index in [1.807, 2.05) is 0 Å². The van der Waals surface area contributed by atoms with E-state index in [0.29, 0.717) is 6.04 Å². The molecule has 4 heteroatoms. The second kappa shape index (κ2) is 7.53. The summed E-state index contributed by atoms with van der Waals surface area (Å²) in [7, 11) is 0. The van der Waals surface area contributed by atoms with Crippen molar-refractivity contribution in [3.63, 3.8) is 0 Å². The molecule has 2 N–H and O–H groups in total. The molecule has 0 unspecified atom stereocenters. The Morgan fingerprint density at radius 2 is 1.95 bits per heavy atom. The smallest absolute Gasteiger partial charge is 0.191 e. The normalized spacial score (nSPS) is 16.6. The van der Waals surface area contributed by atoms with Crippen LogP contribution in [-0.2, 0) is 6.54 Å². The van der Waals surface area contributed by atoms with E-state index in [1.165, 1.54) is 31.2 Å².